The molecule has 154 valence electrons. The van der Waals surface area contributed by atoms with Crippen molar-refractivity contribution in [3.8, 4) is 0 Å². The zero-order chi connectivity index (χ0) is 20.2. The van der Waals surface area contributed by atoms with Gasteiger partial charge >= 0.3 is 0 Å². The van der Waals surface area contributed by atoms with Crippen LogP contribution in [0.4, 0.5) is 15.9 Å². The first kappa shape index (κ1) is 19.6. The number of piperazine rings is 2. The average molecular weight is 398 g/mol. The fourth-order valence-corrected chi connectivity index (χ4v) is 3.87. The molecule has 2 saturated heterocycles. The van der Waals surface area contributed by atoms with E-state index >= 15 is 0 Å². The normalized spacial score (nSPS) is 18.2. The summed E-state index contributed by atoms with van der Waals surface area (Å²) in [6.45, 7) is 9.72. The number of aromatic nitrogens is 2. The van der Waals surface area contributed by atoms with Gasteiger partial charge in [0.15, 0.2) is 0 Å². The van der Waals surface area contributed by atoms with E-state index < -0.39 is 0 Å². The molecule has 0 bridgehead atoms. The van der Waals surface area contributed by atoms with E-state index in [1.165, 1.54) is 12.1 Å². The quantitative estimate of drug-likeness (QED) is 0.782. The average Bonchev–Trinajstić information content (AvgIpc) is 2.79. The molecule has 1 aromatic heterocycles. The Labute approximate surface area is 170 Å². The van der Waals surface area contributed by atoms with Crippen LogP contribution in [0.3, 0.4) is 0 Å². The van der Waals surface area contributed by atoms with E-state index in [1.807, 2.05) is 17.0 Å². The first-order valence-corrected chi connectivity index (χ1v) is 10.2. The van der Waals surface area contributed by atoms with Crippen molar-refractivity contribution >= 4 is 17.4 Å². The maximum Gasteiger partial charge on any atom is 0.274 e. The van der Waals surface area contributed by atoms with Crippen molar-refractivity contribution in [3.05, 3.63) is 48.2 Å². The maximum atomic E-state index is 13.1. The van der Waals surface area contributed by atoms with E-state index in [-0.39, 0.29) is 11.7 Å². The molecule has 2 aliphatic rings. The topological polar surface area (TPSA) is 55.8 Å². The Bertz CT molecular complexity index is 812. The molecule has 7 nitrogen and oxygen atoms in total. The van der Waals surface area contributed by atoms with Gasteiger partial charge in [0, 0.05) is 58.0 Å². The summed E-state index contributed by atoms with van der Waals surface area (Å²) in [5.41, 5.74) is 1.44. The van der Waals surface area contributed by atoms with Crippen molar-refractivity contribution in [3.63, 3.8) is 0 Å². The van der Waals surface area contributed by atoms with Gasteiger partial charge in [-0.3, -0.25) is 4.79 Å². The zero-order valence-electron chi connectivity index (χ0n) is 16.8. The summed E-state index contributed by atoms with van der Waals surface area (Å²) in [5, 5.41) is 0. The smallest absolute Gasteiger partial charge is 0.274 e. The van der Waals surface area contributed by atoms with Gasteiger partial charge in [-0.05, 0) is 30.8 Å². The van der Waals surface area contributed by atoms with Crippen LogP contribution < -0.4 is 9.80 Å². The van der Waals surface area contributed by atoms with Gasteiger partial charge in [-0.2, -0.15) is 0 Å². The highest BCUT2D eigenvalue weighted by molar-refractivity contribution is 5.92. The predicted molar refractivity (Wildman–Crippen MR) is 111 cm³/mol. The fraction of sp³-hybridized carbons (Fsp3) is 0.476. The predicted octanol–water partition coefficient (Wildman–Crippen LogP) is 1.72. The van der Waals surface area contributed by atoms with Crippen molar-refractivity contribution in [2.75, 3.05) is 68.7 Å². The molecule has 0 atom stereocenters. The number of hydrogen-bond donors (Lipinski definition) is 0. The summed E-state index contributed by atoms with van der Waals surface area (Å²) >= 11 is 0. The third kappa shape index (κ3) is 4.48. The van der Waals surface area contributed by atoms with Crippen LogP contribution >= 0.6 is 0 Å². The minimum Gasteiger partial charge on any atom is -0.368 e. The van der Waals surface area contributed by atoms with Gasteiger partial charge in [0.2, 0.25) is 0 Å². The van der Waals surface area contributed by atoms with Gasteiger partial charge in [-0.1, -0.05) is 6.92 Å². The lowest BCUT2D eigenvalue weighted by molar-refractivity contribution is 0.0637. The minimum atomic E-state index is -0.218. The largest absolute Gasteiger partial charge is 0.368 e. The van der Waals surface area contributed by atoms with E-state index in [2.05, 4.69) is 31.6 Å². The van der Waals surface area contributed by atoms with Crippen molar-refractivity contribution in [2.24, 2.45) is 0 Å². The SMILES string of the molecule is CCN1CCN(C(=O)c2cnc(N3CCN(c4ccc(F)cc4)CC3)cn2)CC1. The highest BCUT2D eigenvalue weighted by atomic mass is 19.1. The lowest BCUT2D eigenvalue weighted by atomic mass is 10.2. The van der Waals surface area contributed by atoms with Gasteiger partial charge in [0.25, 0.3) is 5.91 Å². The molecule has 1 aromatic carbocycles. The monoisotopic (exact) mass is 398 g/mol. The fourth-order valence-electron chi connectivity index (χ4n) is 3.87. The van der Waals surface area contributed by atoms with Crippen LogP contribution in [0.25, 0.3) is 0 Å². The van der Waals surface area contributed by atoms with Gasteiger partial charge < -0.3 is 19.6 Å². The number of rotatable bonds is 4. The number of hydrogen-bond acceptors (Lipinski definition) is 6. The van der Waals surface area contributed by atoms with E-state index in [0.717, 1.165) is 70.4 Å². The van der Waals surface area contributed by atoms with Crippen LogP contribution in [0, 0.1) is 5.82 Å². The van der Waals surface area contributed by atoms with Gasteiger partial charge in [-0.25, -0.2) is 14.4 Å². The summed E-state index contributed by atoms with van der Waals surface area (Å²) in [6.07, 6.45) is 3.29. The maximum absolute atomic E-state index is 13.1. The molecule has 4 rings (SSSR count). The highest BCUT2D eigenvalue weighted by Gasteiger charge is 2.23. The lowest BCUT2D eigenvalue weighted by Crippen LogP contribution is -2.48. The Morgan fingerprint density at radius 1 is 0.897 bits per heavy atom. The Balaban J connectivity index is 1.33. The Morgan fingerprint density at radius 2 is 1.55 bits per heavy atom. The second-order valence-corrected chi connectivity index (χ2v) is 7.44. The van der Waals surface area contributed by atoms with Gasteiger partial charge in [-0.15, -0.1) is 0 Å². The van der Waals surface area contributed by atoms with Crippen LogP contribution in [-0.2, 0) is 0 Å². The second-order valence-electron chi connectivity index (χ2n) is 7.44. The van der Waals surface area contributed by atoms with E-state index in [4.69, 9.17) is 0 Å². The third-order valence-electron chi connectivity index (χ3n) is 5.76. The molecular weight excluding hydrogens is 371 g/mol. The lowest BCUT2D eigenvalue weighted by Gasteiger charge is -2.36. The minimum absolute atomic E-state index is 0.0408. The number of halogens is 1. The van der Waals surface area contributed by atoms with Crippen LogP contribution in [0.15, 0.2) is 36.7 Å². The summed E-state index contributed by atoms with van der Waals surface area (Å²) in [4.78, 5) is 30.1. The Morgan fingerprint density at radius 3 is 2.14 bits per heavy atom. The Kier molecular flexibility index (Phi) is 5.89. The van der Waals surface area contributed by atoms with Crippen LogP contribution in [0.2, 0.25) is 0 Å². The van der Waals surface area contributed by atoms with Crippen LogP contribution in [-0.4, -0.2) is 84.6 Å². The van der Waals surface area contributed by atoms with Crippen LogP contribution in [0.5, 0.6) is 0 Å². The first-order valence-electron chi connectivity index (χ1n) is 10.2. The molecule has 1 amide bonds. The summed E-state index contributed by atoms with van der Waals surface area (Å²) in [6, 6.07) is 6.60. The summed E-state index contributed by atoms with van der Waals surface area (Å²) in [5.74, 6) is 0.529. The van der Waals surface area contributed by atoms with Crippen LogP contribution in [0.1, 0.15) is 17.4 Å². The standard InChI is InChI=1S/C21H27FN6O/c1-2-25-7-9-28(10-8-25)21(29)19-15-24-20(16-23-19)27-13-11-26(12-14-27)18-5-3-17(22)4-6-18/h3-6,15-16H,2,7-14H2,1H3. The molecule has 0 N–H and O–H groups in total. The zero-order valence-corrected chi connectivity index (χ0v) is 16.8. The molecule has 3 heterocycles. The van der Waals surface area contributed by atoms with Crippen molar-refractivity contribution in [1.82, 2.24) is 19.8 Å². The summed E-state index contributed by atoms with van der Waals surface area (Å²) in [7, 11) is 0. The summed E-state index contributed by atoms with van der Waals surface area (Å²) < 4.78 is 13.1. The molecule has 0 aliphatic carbocycles. The number of carbonyl (C=O) groups is 1. The van der Waals surface area contributed by atoms with E-state index in [9.17, 15) is 9.18 Å². The van der Waals surface area contributed by atoms with E-state index in [1.54, 1.807) is 12.4 Å². The molecule has 2 aliphatic heterocycles. The molecule has 2 aromatic rings. The second kappa shape index (κ2) is 8.73. The number of nitrogens with zero attached hydrogens (tertiary/aromatic N) is 6. The highest BCUT2D eigenvalue weighted by Crippen LogP contribution is 2.19. The first-order chi connectivity index (χ1) is 14.1. The van der Waals surface area contributed by atoms with E-state index in [0.29, 0.717) is 5.69 Å². The van der Waals surface area contributed by atoms with Crippen molar-refractivity contribution in [1.29, 1.82) is 0 Å². The third-order valence-corrected chi connectivity index (χ3v) is 5.76. The molecule has 0 spiro atoms. The van der Waals surface area contributed by atoms with Gasteiger partial charge in [0.05, 0.1) is 12.4 Å². The molecule has 8 heteroatoms. The molecule has 2 fully saturated rings. The molecule has 0 saturated carbocycles. The molecule has 29 heavy (non-hydrogen) atoms. The number of likely N-dealkylation sites (N-methyl/N-ethyl adjacent to an activating group) is 1. The number of amides is 1. The van der Waals surface area contributed by atoms with Crippen molar-refractivity contribution in [2.45, 2.75) is 6.92 Å². The number of carbonyl (C=O) groups excluding carboxylic acids is 1. The van der Waals surface area contributed by atoms with Gasteiger partial charge in [0.1, 0.15) is 17.3 Å². The molecule has 0 unspecified atom stereocenters. The molecule has 0 radical (unpaired) electrons. The molecular formula is C21H27FN6O. The Hall–Kier alpha value is -2.74. The number of benzene rings is 1. The van der Waals surface area contributed by atoms with Crippen molar-refractivity contribution < 1.29 is 9.18 Å². The number of anilines is 2.